The van der Waals surface area contributed by atoms with Crippen molar-refractivity contribution in [2.45, 2.75) is 37.4 Å². The number of aromatic nitrogens is 4. The van der Waals surface area contributed by atoms with Gasteiger partial charge in [-0.2, -0.15) is 0 Å². The van der Waals surface area contributed by atoms with Crippen LogP contribution in [0.2, 0.25) is 0 Å². The molecule has 4 heterocycles. The van der Waals surface area contributed by atoms with E-state index < -0.39 is 0 Å². The number of unbranched alkanes of at least 4 members (excludes halogenated alkanes) is 1. The Morgan fingerprint density at radius 2 is 2.08 bits per heavy atom. The normalized spacial score (nSPS) is 20.8. The van der Waals surface area contributed by atoms with Gasteiger partial charge in [0.15, 0.2) is 11.5 Å². The second-order valence-corrected chi connectivity index (χ2v) is 9.53. The molecule has 2 aliphatic rings. The van der Waals surface area contributed by atoms with Gasteiger partial charge in [-0.25, -0.2) is 15.0 Å². The Balaban J connectivity index is 1.23. The Bertz CT molecular complexity index is 740. The average Bonchev–Trinajstić information content (AvgIpc) is 3.36. The molecule has 2 fully saturated rings. The highest BCUT2D eigenvalue weighted by Crippen LogP contribution is 2.39. The van der Waals surface area contributed by atoms with E-state index in [1.54, 1.807) is 12.7 Å². The third-order valence-corrected chi connectivity index (χ3v) is 8.04. The quantitative estimate of drug-likeness (QED) is 0.598. The van der Waals surface area contributed by atoms with Crippen molar-refractivity contribution in [3.05, 3.63) is 12.7 Å². The topological polar surface area (TPSA) is 78.0 Å². The van der Waals surface area contributed by atoms with E-state index in [1.165, 1.54) is 25.0 Å². The monoisotopic (exact) mass is 392 g/mol. The van der Waals surface area contributed by atoms with Gasteiger partial charge in [0.05, 0.1) is 6.33 Å². The number of amides is 1. The number of nitrogens with one attached hydrogen (secondary N) is 1. The van der Waals surface area contributed by atoms with Gasteiger partial charge < -0.3 is 14.8 Å². The lowest BCUT2D eigenvalue weighted by atomic mass is 10.1. The Kier molecular flexibility index (Phi) is 5.84. The predicted octanol–water partition coefficient (Wildman–Crippen LogP) is 2.72. The van der Waals surface area contributed by atoms with Crippen molar-refractivity contribution in [2.75, 3.05) is 36.8 Å². The number of fused-ring (bicyclic) bond motifs is 1. The van der Waals surface area contributed by atoms with Gasteiger partial charge >= 0.3 is 0 Å². The number of piperazine rings is 1. The van der Waals surface area contributed by atoms with Gasteiger partial charge in [0.2, 0.25) is 5.91 Å². The molecule has 1 amide bonds. The Labute approximate surface area is 161 Å². The van der Waals surface area contributed by atoms with Crippen molar-refractivity contribution in [1.29, 1.82) is 0 Å². The van der Waals surface area contributed by atoms with E-state index in [2.05, 4.69) is 24.8 Å². The number of carbonyl (C=O) groups excluding carboxylic acids is 1. The highest BCUT2D eigenvalue weighted by atomic mass is 33.1. The third-order valence-electron chi connectivity index (χ3n) is 5.03. The molecule has 0 bridgehead atoms. The summed E-state index contributed by atoms with van der Waals surface area (Å²) in [6.07, 6.45) is 8.65. The van der Waals surface area contributed by atoms with E-state index in [4.69, 9.17) is 0 Å². The van der Waals surface area contributed by atoms with E-state index in [9.17, 15) is 4.79 Å². The molecule has 0 radical (unpaired) electrons. The molecule has 1 unspecified atom stereocenters. The van der Waals surface area contributed by atoms with Gasteiger partial charge in [-0.15, -0.1) is 0 Å². The molecular weight excluding hydrogens is 368 g/mol. The maximum absolute atomic E-state index is 12.5. The molecule has 4 rings (SSSR count). The fourth-order valence-electron chi connectivity index (χ4n) is 3.53. The van der Waals surface area contributed by atoms with Crippen LogP contribution >= 0.6 is 21.6 Å². The van der Waals surface area contributed by atoms with Crippen molar-refractivity contribution in [2.24, 2.45) is 0 Å². The van der Waals surface area contributed by atoms with Crippen LogP contribution in [0, 0.1) is 0 Å². The second-order valence-electron chi connectivity index (χ2n) is 6.74. The number of hydrogen-bond donors (Lipinski definition) is 1. The first-order chi connectivity index (χ1) is 12.8. The Morgan fingerprint density at radius 3 is 2.88 bits per heavy atom. The minimum absolute atomic E-state index is 0.299. The molecule has 0 spiro atoms. The number of hydrogen-bond acceptors (Lipinski definition) is 7. The summed E-state index contributed by atoms with van der Waals surface area (Å²) in [5.74, 6) is 2.47. The van der Waals surface area contributed by atoms with Crippen LogP contribution in [0.15, 0.2) is 12.7 Å². The summed E-state index contributed by atoms with van der Waals surface area (Å²) in [7, 11) is 4.02. The van der Waals surface area contributed by atoms with Gasteiger partial charge in [-0.3, -0.25) is 4.79 Å². The van der Waals surface area contributed by atoms with Crippen molar-refractivity contribution in [1.82, 2.24) is 24.8 Å². The number of aromatic amines is 1. The van der Waals surface area contributed by atoms with Crippen molar-refractivity contribution in [3.8, 4) is 0 Å². The number of nitrogens with zero attached hydrogens (tertiary/aromatic N) is 5. The van der Waals surface area contributed by atoms with Crippen molar-refractivity contribution in [3.63, 3.8) is 0 Å². The Morgan fingerprint density at radius 1 is 1.19 bits per heavy atom. The Hall–Kier alpha value is -1.48. The highest BCUT2D eigenvalue weighted by Gasteiger charge is 2.23. The molecule has 1 N–H and O–H groups in total. The van der Waals surface area contributed by atoms with Crippen molar-refractivity contribution >= 4 is 44.5 Å². The molecule has 1 atom stereocenters. The molecule has 0 aliphatic carbocycles. The molecule has 2 saturated heterocycles. The largest absolute Gasteiger partial charge is 0.351 e. The summed E-state index contributed by atoms with van der Waals surface area (Å²) >= 11 is 0. The number of H-pyrrole nitrogens is 1. The van der Waals surface area contributed by atoms with E-state index in [0.717, 1.165) is 49.2 Å². The molecule has 140 valence electrons. The second kappa shape index (κ2) is 8.47. The zero-order valence-corrected chi connectivity index (χ0v) is 16.4. The summed E-state index contributed by atoms with van der Waals surface area (Å²) < 4.78 is 0. The molecule has 7 nitrogen and oxygen atoms in total. The van der Waals surface area contributed by atoms with Gasteiger partial charge in [-0.05, 0) is 19.3 Å². The smallest absolute Gasteiger partial charge is 0.222 e. The minimum atomic E-state index is 0.299. The molecule has 0 saturated carbocycles. The van der Waals surface area contributed by atoms with E-state index >= 15 is 0 Å². The van der Waals surface area contributed by atoms with Crippen LogP contribution in [0.5, 0.6) is 0 Å². The molecular formula is C17H24N6OS2. The first-order valence-electron chi connectivity index (χ1n) is 9.26. The van der Waals surface area contributed by atoms with Gasteiger partial charge in [0.1, 0.15) is 11.8 Å². The van der Waals surface area contributed by atoms with Gasteiger partial charge in [0.25, 0.3) is 0 Å². The van der Waals surface area contributed by atoms with Gasteiger partial charge in [-0.1, -0.05) is 28.0 Å². The van der Waals surface area contributed by atoms with Crippen LogP contribution in [-0.2, 0) is 4.79 Å². The molecule has 0 aromatic carbocycles. The fourth-order valence-corrected chi connectivity index (χ4v) is 6.56. The predicted molar refractivity (Wildman–Crippen MR) is 107 cm³/mol. The summed E-state index contributed by atoms with van der Waals surface area (Å²) in [4.78, 5) is 32.5. The van der Waals surface area contributed by atoms with Crippen LogP contribution in [0.4, 0.5) is 5.82 Å². The van der Waals surface area contributed by atoms with Crippen LogP contribution in [-0.4, -0.2) is 67.9 Å². The van der Waals surface area contributed by atoms with E-state index in [-0.39, 0.29) is 0 Å². The maximum atomic E-state index is 12.5. The van der Waals surface area contributed by atoms with Crippen LogP contribution in [0.25, 0.3) is 11.2 Å². The summed E-state index contributed by atoms with van der Waals surface area (Å²) in [5, 5.41) is 0.811. The summed E-state index contributed by atoms with van der Waals surface area (Å²) in [6.45, 7) is 3.11. The fraction of sp³-hybridized carbons (Fsp3) is 0.647. The molecule has 2 aromatic heterocycles. The zero-order valence-electron chi connectivity index (χ0n) is 14.8. The third kappa shape index (κ3) is 4.09. The number of carbonyl (C=O) groups is 1. The van der Waals surface area contributed by atoms with Crippen molar-refractivity contribution < 1.29 is 4.79 Å². The first-order valence-corrected chi connectivity index (χ1v) is 11.6. The lowest BCUT2D eigenvalue weighted by Gasteiger charge is -2.35. The van der Waals surface area contributed by atoms with Crippen LogP contribution in [0.1, 0.15) is 32.1 Å². The van der Waals surface area contributed by atoms with Crippen LogP contribution < -0.4 is 4.90 Å². The summed E-state index contributed by atoms with van der Waals surface area (Å²) in [6, 6.07) is 0. The molecule has 2 aromatic rings. The molecule has 9 heteroatoms. The number of rotatable bonds is 6. The zero-order chi connectivity index (χ0) is 17.8. The SMILES string of the molecule is O=C(CCCCC1CCSS1)N1CCN(c2ncnc3nc[nH]c23)CC1. The maximum Gasteiger partial charge on any atom is 0.222 e. The average molecular weight is 393 g/mol. The van der Waals surface area contributed by atoms with E-state index in [1.807, 2.05) is 26.5 Å². The summed E-state index contributed by atoms with van der Waals surface area (Å²) in [5.41, 5.74) is 1.56. The lowest BCUT2D eigenvalue weighted by molar-refractivity contribution is -0.131. The first kappa shape index (κ1) is 17.9. The number of imidazole rings is 1. The minimum Gasteiger partial charge on any atom is -0.351 e. The molecule has 2 aliphatic heterocycles. The van der Waals surface area contributed by atoms with Gasteiger partial charge in [0, 0.05) is 43.6 Å². The van der Waals surface area contributed by atoms with Crippen LogP contribution in [0.3, 0.4) is 0 Å². The standard InChI is InChI=1S/C17H24N6OS2/c24-14(4-2-1-3-13-5-10-25-26-13)22-6-8-23(9-7-22)17-15-16(19-11-18-15)20-12-21-17/h11-13H,1-10H2,(H,18,19,20,21). The number of anilines is 1. The molecule has 26 heavy (non-hydrogen) atoms. The highest BCUT2D eigenvalue weighted by molar-refractivity contribution is 8.77. The lowest BCUT2D eigenvalue weighted by Crippen LogP contribution is -2.49. The van der Waals surface area contributed by atoms with E-state index in [0.29, 0.717) is 18.0 Å².